The first-order valence-electron chi connectivity index (χ1n) is 5.46. The summed E-state index contributed by atoms with van der Waals surface area (Å²) in [6, 6.07) is 3.18. The highest BCUT2D eigenvalue weighted by Gasteiger charge is 2.23. The summed E-state index contributed by atoms with van der Waals surface area (Å²) in [5.74, 6) is 0.420. The van der Waals surface area contributed by atoms with Gasteiger partial charge in [0, 0.05) is 22.5 Å². The molecule has 16 heavy (non-hydrogen) atoms. The zero-order valence-electron chi connectivity index (χ0n) is 9.22. The number of halogens is 2. The van der Waals surface area contributed by atoms with Crippen LogP contribution in [0.15, 0.2) is 16.6 Å². The highest BCUT2D eigenvalue weighted by molar-refractivity contribution is 9.10. The van der Waals surface area contributed by atoms with E-state index in [9.17, 15) is 4.39 Å². The molecule has 1 aliphatic rings. The van der Waals surface area contributed by atoms with Gasteiger partial charge in [0.1, 0.15) is 0 Å². The number of nitrogens with one attached hydrogen (secondary N) is 1. The molecule has 0 aromatic heterocycles. The van der Waals surface area contributed by atoms with Gasteiger partial charge in [-0.25, -0.2) is 4.39 Å². The van der Waals surface area contributed by atoms with Gasteiger partial charge >= 0.3 is 0 Å². The predicted molar refractivity (Wildman–Crippen MR) is 65.5 cm³/mol. The van der Waals surface area contributed by atoms with Crippen LogP contribution in [0, 0.1) is 5.82 Å². The summed E-state index contributed by atoms with van der Waals surface area (Å²) in [5.41, 5.74) is 0.953. The van der Waals surface area contributed by atoms with E-state index >= 15 is 0 Å². The van der Waals surface area contributed by atoms with Crippen LogP contribution in [0.4, 0.5) is 4.39 Å². The average molecular weight is 288 g/mol. The third-order valence-electron chi connectivity index (χ3n) is 3.00. The SMILES string of the molecule is COc1c(F)ccc(Br)c1C1CCCNC1. The van der Waals surface area contributed by atoms with Crippen molar-refractivity contribution in [1.82, 2.24) is 5.32 Å². The first-order chi connectivity index (χ1) is 7.74. The van der Waals surface area contributed by atoms with Crippen LogP contribution in [-0.4, -0.2) is 20.2 Å². The van der Waals surface area contributed by atoms with Crippen molar-refractivity contribution in [2.45, 2.75) is 18.8 Å². The number of hydrogen-bond acceptors (Lipinski definition) is 2. The molecule has 1 saturated heterocycles. The molecule has 0 saturated carbocycles. The Morgan fingerprint density at radius 3 is 2.94 bits per heavy atom. The Balaban J connectivity index is 2.40. The zero-order valence-corrected chi connectivity index (χ0v) is 10.8. The van der Waals surface area contributed by atoms with Crippen molar-refractivity contribution in [3.63, 3.8) is 0 Å². The molecule has 2 nitrogen and oxygen atoms in total. The topological polar surface area (TPSA) is 21.3 Å². The van der Waals surface area contributed by atoms with Crippen molar-refractivity contribution in [1.29, 1.82) is 0 Å². The molecule has 4 heteroatoms. The van der Waals surface area contributed by atoms with Crippen LogP contribution >= 0.6 is 15.9 Å². The number of piperidine rings is 1. The van der Waals surface area contributed by atoms with Crippen molar-refractivity contribution < 1.29 is 9.13 Å². The molecule has 88 valence electrons. The maximum atomic E-state index is 13.6. The third-order valence-corrected chi connectivity index (χ3v) is 3.70. The summed E-state index contributed by atoms with van der Waals surface area (Å²) in [5, 5.41) is 3.33. The molecule has 0 amide bonds. The third kappa shape index (κ3) is 2.23. The Bertz CT molecular complexity index is 378. The molecule has 1 N–H and O–H groups in total. The molecule has 1 fully saturated rings. The largest absolute Gasteiger partial charge is 0.493 e. The highest BCUT2D eigenvalue weighted by atomic mass is 79.9. The molecular formula is C12H15BrFNO. The van der Waals surface area contributed by atoms with Crippen molar-refractivity contribution in [2.24, 2.45) is 0 Å². The predicted octanol–water partition coefficient (Wildman–Crippen LogP) is 3.06. The highest BCUT2D eigenvalue weighted by Crippen LogP contribution is 2.38. The van der Waals surface area contributed by atoms with Gasteiger partial charge in [0.2, 0.25) is 0 Å². The van der Waals surface area contributed by atoms with Gasteiger partial charge < -0.3 is 10.1 Å². The van der Waals surface area contributed by atoms with Crippen LogP contribution < -0.4 is 10.1 Å². The maximum absolute atomic E-state index is 13.6. The summed E-state index contributed by atoms with van der Waals surface area (Å²) in [6.07, 6.45) is 2.20. The molecular weight excluding hydrogens is 273 g/mol. The fraction of sp³-hybridized carbons (Fsp3) is 0.500. The lowest BCUT2D eigenvalue weighted by Gasteiger charge is -2.25. The minimum absolute atomic E-state index is 0.286. The molecule has 1 aromatic carbocycles. The van der Waals surface area contributed by atoms with Crippen LogP contribution in [-0.2, 0) is 0 Å². The van der Waals surface area contributed by atoms with Crippen LogP contribution in [0.2, 0.25) is 0 Å². The minimum Gasteiger partial charge on any atom is -0.493 e. The molecule has 1 unspecified atom stereocenters. The second-order valence-electron chi connectivity index (χ2n) is 4.02. The molecule has 2 rings (SSSR count). The van der Waals surface area contributed by atoms with Crippen molar-refractivity contribution in [2.75, 3.05) is 20.2 Å². The van der Waals surface area contributed by atoms with E-state index in [1.54, 1.807) is 6.07 Å². The van der Waals surface area contributed by atoms with E-state index in [-0.39, 0.29) is 5.82 Å². The van der Waals surface area contributed by atoms with Gasteiger partial charge in [-0.15, -0.1) is 0 Å². The summed E-state index contributed by atoms with van der Waals surface area (Å²) < 4.78 is 19.7. The normalized spacial score (nSPS) is 20.8. The van der Waals surface area contributed by atoms with Crippen LogP contribution in [0.1, 0.15) is 24.3 Å². The fourth-order valence-electron chi connectivity index (χ4n) is 2.23. The Morgan fingerprint density at radius 1 is 1.50 bits per heavy atom. The van der Waals surface area contributed by atoms with Gasteiger partial charge in [-0.3, -0.25) is 0 Å². The van der Waals surface area contributed by atoms with Crippen molar-refractivity contribution in [3.8, 4) is 5.75 Å². The van der Waals surface area contributed by atoms with Crippen LogP contribution in [0.25, 0.3) is 0 Å². The molecule has 1 heterocycles. The van der Waals surface area contributed by atoms with Crippen molar-refractivity contribution >= 4 is 15.9 Å². The molecule has 0 bridgehead atoms. The Kier molecular flexibility index (Phi) is 3.82. The van der Waals surface area contributed by atoms with Gasteiger partial charge in [-0.2, -0.15) is 0 Å². The van der Waals surface area contributed by atoms with Gasteiger partial charge in [-0.1, -0.05) is 15.9 Å². The van der Waals surface area contributed by atoms with Crippen molar-refractivity contribution in [3.05, 3.63) is 28.0 Å². The van der Waals surface area contributed by atoms with Crippen LogP contribution in [0.5, 0.6) is 5.75 Å². The number of hydrogen-bond donors (Lipinski definition) is 1. The number of ether oxygens (including phenoxy) is 1. The van der Waals surface area contributed by atoms with E-state index in [1.807, 2.05) is 0 Å². The number of benzene rings is 1. The Hall–Kier alpha value is -0.610. The lowest BCUT2D eigenvalue weighted by molar-refractivity contribution is 0.367. The molecule has 1 atom stereocenters. The van der Waals surface area contributed by atoms with Crippen LogP contribution in [0.3, 0.4) is 0 Å². The van der Waals surface area contributed by atoms with Gasteiger partial charge in [0.15, 0.2) is 11.6 Å². The van der Waals surface area contributed by atoms with Gasteiger partial charge in [0.05, 0.1) is 7.11 Å². The average Bonchev–Trinajstić information content (AvgIpc) is 2.33. The van der Waals surface area contributed by atoms with E-state index in [2.05, 4.69) is 21.2 Å². The Labute approximate surface area is 103 Å². The lowest BCUT2D eigenvalue weighted by atomic mass is 9.91. The Morgan fingerprint density at radius 2 is 2.31 bits per heavy atom. The second-order valence-corrected chi connectivity index (χ2v) is 4.87. The first kappa shape index (κ1) is 11.9. The standard InChI is InChI=1S/C12H15BrFNO/c1-16-12-10(14)5-4-9(13)11(12)8-3-2-6-15-7-8/h4-5,8,15H,2-3,6-7H2,1H3. The van der Waals surface area contributed by atoms with E-state index in [0.29, 0.717) is 11.7 Å². The lowest BCUT2D eigenvalue weighted by Crippen LogP contribution is -2.28. The quantitative estimate of drug-likeness (QED) is 0.903. The first-order valence-corrected chi connectivity index (χ1v) is 6.26. The summed E-state index contributed by atoms with van der Waals surface area (Å²) in [6.45, 7) is 1.93. The molecule has 0 aliphatic carbocycles. The number of methoxy groups -OCH3 is 1. The fourth-order valence-corrected chi connectivity index (χ4v) is 2.87. The molecule has 1 aliphatic heterocycles. The molecule has 1 aromatic rings. The van der Waals surface area contributed by atoms with Gasteiger partial charge in [0.25, 0.3) is 0 Å². The summed E-state index contributed by atoms with van der Waals surface area (Å²) in [7, 11) is 1.52. The smallest absolute Gasteiger partial charge is 0.165 e. The monoisotopic (exact) mass is 287 g/mol. The van der Waals surface area contributed by atoms with E-state index < -0.39 is 0 Å². The molecule has 0 spiro atoms. The second kappa shape index (κ2) is 5.15. The van der Waals surface area contributed by atoms with Gasteiger partial charge in [-0.05, 0) is 31.5 Å². The maximum Gasteiger partial charge on any atom is 0.165 e. The number of rotatable bonds is 2. The minimum atomic E-state index is -0.286. The van der Waals surface area contributed by atoms with E-state index in [4.69, 9.17) is 4.74 Å². The summed E-state index contributed by atoms with van der Waals surface area (Å²) in [4.78, 5) is 0. The summed E-state index contributed by atoms with van der Waals surface area (Å²) >= 11 is 3.48. The zero-order chi connectivity index (χ0) is 11.5. The molecule has 0 radical (unpaired) electrons. The van der Waals surface area contributed by atoms with E-state index in [1.165, 1.54) is 13.2 Å². The van der Waals surface area contributed by atoms with E-state index in [0.717, 1.165) is 36.0 Å².